The topological polar surface area (TPSA) is 71.5 Å². The van der Waals surface area contributed by atoms with Gasteiger partial charge in [-0.1, -0.05) is 6.07 Å². The Bertz CT molecular complexity index is 858. The van der Waals surface area contributed by atoms with Gasteiger partial charge in [-0.05, 0) is 51.2 Å². The largest absolute Gasteiger partial charge is 0.375 e. The van der Waals surface area contributed by atoms with Gasteiger partial charge in [0.15, 0.2) is 5.82 Å². The monoisotopic (exact) mass is 395 g/mol. The summed E-state index contributed by atoms with van der Waals surface area (Å²) in [5.74, 6) is 1.79. The Morgan fingerprint density at radius 2 is 2.10 bits per heavy atom. The summed E-state index contributed by atoms with van der Waals surface area (Å²) in [6.07, 6.45) is 6.91. The Balaban J connectivity index is 1.66. The minimum absolute atomic E-state index is 0.0153. The van der Waals surface area contributed by atoms with E-state index in [9.17, 15) is 4.79 Å². The smallest absolute Gasteiger partial charge is 0.249 e. The molecule has 154 valence electrons. The van der Waals surface area contributed by atoms with E-state index in [1.165, 1.54) is 5.56 Å². The molecule has 0 spiro atoms. The molecule has 1 amide bonds. The van der Waals surface area contributed by atoms with E-state index in [0.29, 0.717) is 0 Å². The third kappa shape index (κ3) is 4.24. The molecule has 2 aliphatic heterocycles. The molecule has 2 aromatic rings. The molecule has 4 rings (SSSR count). The lowest BCUT2D eigenvalue weighted by Gasteiger charge is -2.36. The van der Waals surface area contributed by atoms with Crippen LogP contribution in [0.1, 0.15) is 54.5 Å². The SMILES string of the molecule is COCC(=O)N1CCCC[C@H]1c1nc(C)c2c(n1)N(Cc1ccccn1)CCC2. The van der Waals surface area contributed by atoms with E-state index in [1.807, 2.05) is 23.2 Å². The number of rotatable bonds is 5. The van der Waals surface area contributed by atoms with Gasteiger partial charge in [0.05, 0.1) is 18.3 Å². The maximum atomic E-state index is 12.6. The zero-order valence-corrected chi connectivity index (χ0v) is 17.3. The number of aryl methyl sites for hydroxylation is 1. The van der Waals surface area contributed by atoms with Crippen molar-refractivity contribution >= 4 is 11.7 Å². The third-order valence-electron chi connectivity index (χ3n) is 5.83. The van der Waals surface area contributed by atoms with Crippen LogP contribution in [-0.4, -0.2) is 52.6 Å². The first kappa shape index (κ1) is 19.8. The van der Waals surface area contributed by atoms with Crippen molar-refractivity contribution in [1.82, 2.24) is 19.9 Å². The summed E-state index contributed by atoms with van der Waals surface area (Å²) in [5, 5.41) is 0. The van der Waals surface area contributed by atoms with Gasteiger partial charge in [-0.2, -0.15) is 0 Å². The van der Waals surface area contributed by atoms with Crippen LogP contribution in [0.4, 0.5) is 5.82 Å². The van der Waals surface area contributed by atoms with Gasteiger partial charge in [-0.3, -0.25) is 9.78 Å². The summed E-state index contributed by atoms with van der Waals surface area (Å²) in [6.45, 7) is 4.60. The molecule has 1 atom stereocenters. The van der Waals surface area contributed by atoms with Crippen LogP contribution in [0.2, 0.25) is 0 Å². The lowest BCUT2D eigenvalue weighted by molar-refractivity contribution is -0.139. The average molecular weight is 396 g/mol. The molecule has 0 radical (unpaired) electrons. The number of amides is 1. The summed E-state index contributed by atoms with van der Waals surface area (Å²) < 4.78 is 5.09. The molecule has 1 fully saturated rings. The van der Waals surface area contributed by atoms with Gasteiger partial charge in [-0.25, -0.2) is 9.97 Å². The first-order chi connectivity index (χ1) is 14.2. The van der Waals surface area contributed by atoms with Crippen LogP contribution < -0.4 is 4.90 Å². The van der Waals surface area contributed by atoms with E-state index < -0.39 is 0 Å². The predicted octanol–water partition coefficient (Wildman–Crippen LogP) is 2.83. The number of hydrogen-bond acceptors (Lipinski definition) is 6. The highest BCUT2D eigenvalue weighted by atomic mass is 16.5. The Morgan fingerprint density at radius 3 is 2.90 bits per heavy atom. The second-order valence-corrected chi connectivity index (χ2v) is 7.85. The summed E-state index contributed by atoms with van der Waals surface area (Å²) in [5.41, 5.74) is 3.29. The number of pyridine rings is 1. The van der Waals surface area contributed by atoms with Crippen molar-refractivity contribution in [2.24, 2.45) is 0 Å². The molecule has 0 saturated carbocycles. The number of carbonyl (C=O) groups excluding carboxylic acids is 1. The molecule has 29 heavy (non-hydrogen) atoms. The molecule has 4 heterocycles. The van der Waals surface area contributed by atoms with Gasteiger partial charge in [0, 0.05) is 37.7 Å². The van der Waals surface area contributed by atoms with E-state index in [-0.39, 0.29) is 18.6 Å². The molecule has 0 unspecified atom stereocenters. The number of hydrogen-bond donors (Lipinski definition) is 0. The van der Waals surface area contributed by atoms with Crippen LogP contribution in [0.3, 0.4) is 0 Å². The second kappa shape index (κ2) is 8.86. The fraction of sp³-hybridized carbons (Fsp3) is 0.545. The Kier molecular flexibility index (Phi) is 6.04. The fourth-order valence-corrected chi connectivity index (χ4v) is 4.40. The first-order valence-electron chi connectivity index (χ1n) is 10.5. The molecule has 1 saturated heterocycles. The lowest BCUT2D eigenvalue weighted by atomic mass is 9.99. The van der Waals surface area contributed by atoms with Crippen LogP contribution in [0.5, 0.6) is 0 Å². The molecule has 7 nitrogen and oxygen atoms in total. The van der Waals surface area contributed by atoms with Crippen LogP contribution in [0, 0.1) is 6.92 Å². The summed E-state index contributed by atoms with van der Waals surface area (Å²) >= 11 is 0. The normalized spacial score (nSPS) is 19.2. The molecule has 0 aliphatic carbocycles. The van der Waals surface area contributed by atoms with Crippen molar-refractivity contribution in [3.05, 3.63) is 47.2 Å². The number of nitrogens with zero attached hydrogens (tertiary/aromatic N) is 5. The van der Waals surface area contributed by atoms with Gasteiger partial charge in [0.2, 0.25) is 5.91 Å². The Morgan fingerprint density at radius 1 is 1.21 bits per heavy atom. The zero-order chi connectivity index (χ0) is 20.2. The number of methoxy groups -OCH3 is 1. The third-order valence-corrected chi connectivity index (χ3v) is 5.83. The quantitative estimate of drug-likeness (QED) is 0.775. The number of piperidine rings is 1. The molecular formula is C22H29N5O2. The maximum Gasteiger partial charge on any atom is 0.249 e. The average Bonchev–Trinajstić information content (AvgIpc) is 2.75. The number of likely N-dealkylation sites (tertiary alicyclic amines) is 1. The van der Waals surface area contributed by atoms with Crippen molar-refractivity contribution in [3.8, 4) is 0 Å². The first-order valence-corrected chi connectivity index (χ1v) is 10.5. The van der Waals surface area contributed by atoms with Gasteiger partial charge >= 0.3 is 0 Å². The van der Waals surface area contributed by atoms with Crippen molar-refractivity contribution in [2.75, 3.05) is 31.7 Å². The van der Waals surface area contributed by atoms with Crippen LogP contribution in [-0.2, 0) is 22.5 Å². The fourth-order valence-electron chi connectivity index (χ4n) is 4.40. The van der Waals surface area contributed by atoms with Crippen LogP contribution >= 0.6 is 0 Å². The highest BCUT2D eigenvalue weighted by Gasteiger charge is 2.32. The van der Waals surface area contributed by atoms with Gasteiger partial charge in [0.25, 0.3) is 0 Å². The minimum Gasteiger partial charge on any atom is -0.375 e. The van der Waals surface area contributed by atoms with Crippen molar-refractivity contribution in [3.63, 3.8) is 0 Å². The van der Waals surface area contributed by atoms with Gasteiger partial charge in [0.1, 0.15) is 12.4 Å². The number of fused-ring (bicyclic) bond motifs is 1. The van der Waals surface area contributed by atoms with E-state index in [2.05, 4.69) is 22.9 Å². The lowest BCUT2D eigenvalue weighted by Crippen LogP contribution is -2.41. The second-order valence-electron chi connectivity index (χ2n) is 7.85. The van der Waals surface area contributed by atoms with Gasteiger partial charge in [-0.15, -0.1) is 0 Å². The van der Waals surface area contributed by atoms with Crippen molar-refractivity contribution in [2.45, 2.75) is 51.6 Å². The highest BCUT2D eigenvalue weighted by Crippen LogP contribution is 2.34. The molecule has 7 heteroatoms. The molecular weight excluding hydrogens is 366 g/mol. The Labute approximate surface area is 172 Å². The van der Waals surface area contributed by atoms with E-state index in [0.717, 1.165) is 74.8 Å². The number of carbonyl (C=O) groups is 1. The van der Waals surface area contributed by atoms with E-state index in [4.69, 9.17) is 14.7 Å². The minimum atomic E-state index is -0.0750. The van der Waals surface area contributed by atoms with Crippen molar-refractivity contribution < 1.29 is 9.53 Å². The molecule has 0 bridgehead atoms. The maximum absolute atomic E-state index is 12.6. The van der Waals surface area contributed by atoms with Crippen LogP contribution in [0.15, 0.2) is 24.4 Å². The van der Waals surface area contributed by atoms with E-state index >= 15 is 0 Å². The zero-order valence-electron chi connectivity index (χ0n) is 17.3. The summed E-state index contributed by atoms with van der Waals surface area (Å²) in [4.78, 5) is 31.2. The molecule has 0 N–H and O–H groups in total. The number of ether oxygens (including phenoxy) is 1. The molecule has 2 aliphatic rings. The summed E-state index contributed by atoms with van der Waals surface area (Å²) in [6, 6.07) is 5.93. The van der Waals surface area contributed by atoms with Crippen LogP contribution in [0.25, 0.3) is 0 Å². The molecule has 2 aromatic heterocycles. The predicted molar refractivity (Wildman–Crippen MR) is 111 cm³/mol. The summed E-state index contributed by atoms with van der Waals surface area (Å²) in [7, 11) is 1.56. The molecule has 0 aromatic carbocycles. The Hall–Kier alpha value is -2.54. The van der Waals surface area contributed by atoms with E-state index in [1.54, 1.807) is 7.11 Å². The van der Waals surface area contributed by atoms with Gasteiger partial charge < -0.3 is 14.5 Å². The number of aromatic nitrogens is 3. The standard InChI is InChI=1S/C22H29N5O2/c1-16-18-9-7-12-26(14-17-8-3-5-11-23-17)22(18)25-21(24-16)19-10-4-6-13-27(19)20(28)15-29-2/h3,5,8,11,19H,4,6-7,9-10,12-15H2,1-2H3/t19-/m0/s1. The highest BCUT2D eigenvalue weighted by molar-refractivity contribution is 5.78. The van der Waals surface area contributed by atoms with Crippen molar-refractivity contribution in [1.29, 1.82) is 0 Å². The number of anilines is 1.